The predicted octanol–water partition coefficient (Wildman–Crippen LogP) is 4.58. The van der Waals surface area contributed by atoms with Gasteiger partial charge in [-0.15, -0.1) is 0 Å². The zero-order chi connectivity index (χ0) is 33.2. The molecule has 0 aliphatic carbocycles. The van der Waals surface area contributed by atoms with E-state index in [9.17, 15) is 29.8 Å². The van der Waals surface area contributed by atoms with Crippen molar-refractivity contribution in [3.05, 3.63) is 67.8 Å². The molecule has 0 saturated heterocycles. The highest BCUT2D eigenvalue weighted by molar-refractivity contribution is 6.74. The number of nitro benzene ring substituents is 2. The van der Waals surface area contributed by atoms with E-state index in [0.717, 1.165) is 12.1 Å². The van der Waals surface area contributed by atoms with Gasteiger partial charge in [0.15, 0.2) is 19.7 Å². The van der Waals surface area contributed by atoms with Crippen LogP contribution < -0.4 is 31.6 Å². The van der Waals surface area contributed by atoms with Gasteiger partial charge in [-0.05, 0) is 30.3 Å². The van der Waals surface area contributed by atoms with E-state index < -0.39 is 41.4 Å². The zero-order valence-electron chi connectivity index (χ0n) is 25.7. The van der Waals surface area contributed by atoms with Crippen molar-refractivity contribution in [2.75, 3.05) is 44.0 Å². The number of benzene rings is 2. The second-order valence-corrected chi connectivity index (χ2v) is 16.0. The number of nitrogens with one attached hydrogen (secondary N) is 2. The van der Waals surface area contributed by atoms with Gasteiger partial charge in [0.1, 0.15) is 11.5 Å². The Morgan fingerprint density at radius 2 is 1.32 bits per heavy atom. The summed E-state index contributed by atoms with van der Waals surface area (Å²) in [5.74, 6) is -1.54. The molecular formula is C28H40N6O9Si. The maximum absolute atomic E-state index is 11.9. The van der Waals surface area contributed by atoms with Crippen LogP contribution >= 0.6 is 0 Å². The van der Waals surface area contributed by atoms with Gasteiger partial charge in [-0.2, -0.15) is 0 Å². The van der Waals surface area contributed by atoms with Crippen LogP contribution in [0.2, 0.25) is 18.1 Å². The monoisotopic (exact) mass is 632 g/mol. The Labute approximate surface area is 256 Å². The van der Waals surface area contributed by atoms with E-state index in [-0.39, 0.29) is 58.7 Å². The first-order valence-electron chi connectivity index (χ1n) is 13.7. The molecule has 44 heavy (non-hydrogen) atoms. The molecule has 0 bridgehead atoms. The maximum Gasteiger partial charge on any atom is 0.296 e. The molecule has 2 rings (SSSR count). The predicted molar refractivity (Wildman–Crippen MR) is 169 cm³/mol. The Kier molecular flexibility index (Phi) is 12.2. The second kappa shape index (κ2) is 15.2. The van der Waals surface area contributed by atoms with Gasteiger partial charge in [0, 0.05) is 49.4 Å². The van der Waals surface area contributed by atoms with E-state index in [4.69, 9.17) is 25.4 Å². The standard InChI is InChI=1S/C28H40N6O9Si/c1-28(2,3)44(5,6)43-13-9-12-42-23-17-19(27(30)36)15-21(34(39)40)25(23)32-11-8-7-10-31-24-20(33(37)38)14-18(26(29)35)16-22(24)41-4/h7-8,14-17,31-32H,9-13H2,1-6H3,(H2,29,35)(H2,30,36). The van der Waals surface area contributed by atoms with Crippen LogP contribution in [0.1, 0.15) is 47.9 Å². The van der Waals surface area contributed by atoms with Crippen molar-refractivity contribution >= 4 is 42.9 Å². The molecule has 0 spiro atoms. The third kappa shape index (κ3) is 9.40. The maximum atomic E-state index is 11.9. The van der Waals surface area contributed by atoms with Crippen molar-refractivity contribution in [3.8, 4) is 11.5 Å². The fourth-order valence-electron chi connectivity index (χ4n) is 3.68. The van der Waals surface area contributed by atoms with Gasteiger partial charge in [0.25, 0.3) is 11.4 Å². The number of hydrogen-bond acceptors (Lipinski definition) is 11. The number of amides is 2. The number of nitrogens with zero attached hydrogens (tertiary/aromatic N) is 2. The molecule has 0 heterocycles. The largest absolute Gasteiger partial charge is 0.494 e. The van der Waals surface area contributed by atoms with Gasteiger partial charge in [0.2, 0.25) is 11.8 Å². The topological polar surface area (TPSA) is 224 Å². The SMILES string of the molecule is COc1cc(C(N)=O)cc([N+](=O)[O-])c1NCC=CCNc1c(OCCCO[Si](C)(C)C(C)(C)C)cc(C(N)=O)cc1[N+](=O)[O-]. The summed E-state index contributed by atoms with van der Waals surface area (Å²) in [4.78, 5) is 45.5. The summed E-state index contributed by atoms with van der Waals surface area (Å²) >= 11 is 0. The van der Waals surface area contributed by atoms with E-state index in [1.165, 1.54) is 19.2 Å². The summed E-state index contributed by atoms with van der Waals surface area (Å²) in [6, 6.07) is 4.76. The molecule has 0 unspecified atom stereocenters. The Hall–Kier alpha value is -4.70. The number of carbonyl (C=O) groups is 2. The Balaban J connectivity index is 2.16. The average molecular weight is 633 g/mol. The fourth-order valence-corrected chi connectivity index (χ4v) is 4.77. The second-order valence-electron chi connectivity index (χ2n) is 11.2. The van der Waals surface area contributed by atoms with E-state index in [1.807, 2.05) is 0 Å². The van der Waals surface area contributed by atoms with Crippen LogP contribution in [0.3, 0.4) is 0 Å². The van der Waals surface area contributed by atoms with E-state index in [1.54, 1.807) is 12.2 Å². The third-order valence-corrected chi connectivity index (χ3v) is 11.7. The molecule has 2 amide bonds. The fraction of sp³-hybridized carbons (Fsp3) is 0.429. The molecule has 2 aromatic carbocycles. The van der Waals surface area contributed by atoms with E-state index in [0.29, 0.717) is 13.0 Å². The molecule has 0 aliphatic heterocycles. The number of hydrogen-bond donors (Lipinski definition) is 4. The van der Waals surface area contributed by atoms with Crippen molar-refractivity contribution in [2.45, 2.75) is 45.3 Å². The number of anilines is 2. The number of carbonyl (C=O) groups excluding carboxylic acids is 2. The van der Waals surface area contributed by atoms with Crippen LogP contribution in [0.25, 0.3) is 0 Å². The van der Waals surface area contributed by atoms with Gasteiger partial charge in [-0.1, -0.05) is 32.9 Å². The van der Waals surface area contributed by atoms with Crippen LogP contribution in [-0.4, -0.2) is 63.4 Å². The summed E-state index contributed by atoms with van der Waals surface area (Å²) in [6.07, 6.45) is 3.77. The third-order valence-electron chi connectivity index (χ3n) is 7.12. The highest BCUT2D eigenvalue weighted by Crippen LogP contribution is 2.38. The molecule has 15 nitrogen and oxygen atoms in total. The van der Waals surface area contributed by atoms with Crippen LogP contribution in [0.5, 0.6) is 11.5 Å². The first kappa shape index (κ1) is 35.5. The number of nitro groups is 2. The molecule has 0 atom stereocenters. The van der Waals surface area contributed by atoms with Crippen LogP contribution in [0, 0.1) is 20.2 Å². The lowest BCUT2D eigenvalue weighted by Crippen LogP contribution is -2.41. The molecule has 16 heteroatoms. The molecule has 6 N–H and O–H groups in total. The lowest BCUT2D eigenvalue weighted by molar-refractivity contribution is -0.384. The smallest absolute Gasteiger partial charge is 0.296 e. The van der Waals surface area contributed by atoms with Gasteiger partial charge < -0.3 is 36.0 Å². The summed E-state index contributed by atoms with van der Waals surface area (Å²) in [5.41, 5.74) is 9.81. The van der Waals surface area contributed by atoms with E-state index in [2.05, 4.69) is 44.5 Å². The highest BCUT2D eigenvalue weighted by atomic mass is 28.4. The number of primary amides is 2. The van der Waals surface area contributed by atoms with Crippen molar-refractivity contribution in [1.82, 2.24) is 0 Å². The minimum absolute atomic E-state index is 0.0424. The molecule has 0 fully saturated rings. The quantitative estimate of drug-likeness (QED) is 0.0620. The van der Waals surface area contributed by atoms with Crippen molar-refractivity contribution in [3.63, 3.8) is 0 Å². The normalized spacial score (nSPS) is 11.7. The molecule has 0 aromatic heterocycles. The lowest BCUT2D eigenvalue weighted by atomic mass is 10.1. The van der Waals surface area contributed by atoms with E-state index >= 15 is 0 Å². The number of ether oxygens (including phenoxy) is 2. The lowest BCUT2D eigenvalue weighted by Gasteiger charge is -2.36. The first-order chi connectivity index (χ1) is 20.5. The van der Waals surface area contributed by atoms with Gasteiger partial charge in [-0.3, -0.25) is 29.8 Å². The molecule has 0 saturated carbocycles. The molecule has 240 valence electrons. The Morgan fingerprint density at radius 3 is 1.73 bits per heavy atom. The van der Waals surface area contributed by atoms with Crippen LogP contribution in [-0.2, 0) is 4.43 Å². The number of rotatable bonds is 17. The van der Waals surface area contributed by atoms with Gasteiger partial charge in [-0.25, -0.2) is 0 Å². The van der Waals surface area contributed by atoms with Gasteiger partial charge >= 0.3 is 0 Å². The summed E-state index contributed by atoms with van der Waals surface area (Å²) in [6.45, 7) is 11.5. The summed E-state index contributed by atoms with van der Waals surface area (Å²) in [7, 11) is -0.657. The Morgan fingerprint density at radius 1 is 0.864 bits per heavy atom. The van der Waals surface area contributed by atoms with Crippen molar-refractivity contribution in [2.24, 2.45) is 11.5 Å². The highest BCUT2D eigenvalue weighted by Gasteiger charge is 2.36. The first-order valence-corrected chi connectivity index (χ1v) is 16.6. The van der Waals surface area contributed by atoms with Gasteiger partial charge in [0.05, 0.1) is 23.6 Å². The number of nitrogens with two attached hydrogens (primary N) is 2. The molecular weight excluding hydrogens is 592 g/mol. The molecule has 0 aliphatic rings. The van der Waals surface area contributed by atoms with Crippen LogP contribution in [0.4, 0.5) is 22.7 Å². The summed E-state index contributed by atoms with van der Waals surface area (Å²) in [5, 5.41) is 29.3. The summed E-state index contributed by atoms with van der Waals surface area (Å²) < 4.78 is 17.2. The van der Waals surface area contributed by atoms with Crippen LogP contribution in [0.15, 0.2) is 36.4 Å². The average Bonchev–Trinajstić information content (AvgIpc) is 2.93. The molecule has 2 aromatic rings. The van der Waals surface area contributed by atoms with Crippen molar-refractivity contribution in [1.29, 1.82) is 0 Å². The minimum atomic E-state index is -1.95. The minimum Gasteiger partial charge on any atom is -0.494 e. The zero-order valence-corrected chi connectivity index (χ0v) is 26.7. The Bertz CT molecular complexity index is 1420. The molecule has 0 radical (unpaired) electrons. The number of methoxy groups -OCH3 is 1. The van der Waals surface area contributed by atoms with Crippen molar-refractivity contribution < 1.29 is 33.3 Å².